The monoisotopic (exact) mass is 533 g/mol. The van der Waals surface area contributed by atoms with E-state index in [2.05, 4.69) is 49.7 Å². The van der Waals surface area contributed by atoms with Crippen LogP contribution in [0.25, 0.3) is 11.4 Å². The maximum Gasteiger partial charge on any atom is 0.410 e. The number of amides is 1. The molecule has 2 aliphatic rings. The Labute approximate surface area is 230 Å². The van der Waals surface area contributed by atoms with E-state index in [1.165, 1.54) is 24.9 Å². The van der Waals surface area contributed by atoms with Gasteiger partial charge in [0.25, 0.3) is 0 Å². The van der Waals surface area contributed by atoms with Crippen molar-refractivity contribution in [1.29, 1.82) is 0 Å². The third-order valence-corrected chi connectivity index (χ3v) is 7.46. The van der Waals surface area contributed by atoms with Crippen molar-refractivity contribution < 1.29 is 14.3 Å². The van der Waals surface area contributed by atoms with Gasteiger partial charge in [0.2, 0.25) is 0 Å². The van der Waals surface area contributed by atoms with Crippen LogP contribution in [0, 0.1) is 5.92 Å². The van der Waals surface area contributed by atoms with Gasteiger partial charge in [-0.25, -0.2) is 9.48 Å². The smallest absolute Gasteiger partial charge is 0.410 e. The lowest BCUT2D eigenvalue weighted by molar-refractivity contribution is 0.00736. The molecule has 10 heteroatoms. The first-order chi connectivity index (χ1) is 18.8. The molecule has 208 valence electrons. The number of anilines is 1. The molecular weight excluding hydrogens is 494 g/mol. The Morgan fingerprint density at radius 1 is 1.08 bits per heavy atom. The Balaban J connectivity index is 1.23. The zero-order valence-corrected chi connectivity index (χ0v) is 23.4. The number of carbonyl (C=O) groups excluding carboxylic acids is 1. The average Bonchev–Trinajstić information content (AvgIpc) is 3.36. The van der Waals surface area contributed by atoms with Crippen LogP contribution >= 0.6 is 0 Å². The van der Waals surface area contributed by atoms with E-state index in [9.17, 15) is 4.79 Å². The normalized spacial score (nSPS) is 17.9. The van der Waals surface area contributed by atoms with Gasteiger partial charge in [-0.05, 0) is 70.1 Å². The predicted octanol–water partition coefficient (Wildman–Crippen LogP) is 4.80. The summed E-state index contributed by atoms with van der Waals surface area (Å²) in [4.78, 5) is 17.6. The molecule has 2 fully saturated rings. The molecule has 3 heterocycles. The SMILES string of the molecule is COc1cnnc(-c2cn(Cc3ccc(N4CCC[C@@H](N(CC5CCC5)C(=O)OC(C)(C)C)C4)cc3)nn2)c1. The maximum absolute atomic E-state index is 13.2. The van der Waals surface area contributed by atoms with Crippen molar-refractivity contribution in [3.63, 3.8) is 0 Å². The number of hydrogen-bond acceptors (Lipinski definition) is 8. The number of methoxy groups -OCH3 is 1. The first-order valence-electron chi connectivity index (χ1n) is 13.9. The Morgan fingerprint density at radius 3 is 2.56 bits per heavy atom. The predicted molar refractivity (Wildman–Crippen MR) is 149 cm³/mol. The van der Waals surface area contributed by atoms with Gasteiger partial charge in [0, 0.05) is 31.4 Å². The Bertz CT molecular complexity index is 1250. The summed E-state index contributed by atoms with van der Waals surface area (Å²) in [5.74, 6) is 1.22. The van der Waals surface area contributed by atoms with Crippen molar-refractivity contribution in [2.45, 2.75) is 71.1 Å². The molecule has 3 aromatic rings. The zero-order chi connectivity index (χ0) is 27.4. The second kappa shape index (κ2) is 11.6. The maximum atomic E-state index is 13.2. The third kappa shape index (κ3) is 6.85. The fourth-order valence-electron chi connectivity index (χ4n) is 5.17. The van der Waals surface area contributed by atoms with Crippen LogP contribution in [0.1, 0.15) is 58.4 Å². The van der Waals surface area contributed by atoms with Crippen LogP contribution in [0.4, 0.5) is 10.5 Å². The third-order valence-electron chi connectivity index (χ3n) is 7.46. The summed E-state index contributed by atoms with van der Waals surface area (Å²) in [5.41, 5.74) is 3.07. The molecule has 39 heavy (non-hydrogen) atoms. The Kier molecular flexibility index (Phi) is 7.99. The minimum absolute atomic E-state index is 0.155. The first-order valence-corrected chi connectivity index (χ1v) is 13.9. The highest BCUT2D eigenvalue weighted by Gasteiger charge is 2.34. The van der Waals surface area contributed by atoms with Crippen molar-refractivity contribution in [3.8, 4) is 17.1 Å². The summed E-state index contributed by atoms with van der Waals surface area (Å²) in [6, 6.07) is 10.5. The molecule has 1 amide bonds. The standard InChI is InChI=1S/C29H39N7O3/c1-29(2,3)39-28(37)36(18-21-7-5-8-21)24-9-6-14-34(19-24)23-12-10-22(11-13-23)17-35-20-27(32-33-35)26-15-25(38-4)16-30-31-26/h10-13,15-16,20-21,24H,5-9,14,17-19H2,1-4H3/t24-/m1/s1. The molecule has 1 aromatic carbocycles. The quantitative estimate of drug-likeness (QED) is 0.407. The molecule has 1 saturated heterocycles. The van der Waals surface area contributed by atoms with Gasteiger partial charge >= 0.3 is 6.09 Å². The topological polar surface area (TPSA) is 98.5 Å². The van der Waals surface area contributed by atoms with E-state index in [0.29, 0.717) is 29.6 Å². The molecule has 0 N–H and O–H groups in total. The van der Waals surface area contributed by atoms with Crippen molar-refractivity contribution in [1.82, 2.24) is 30.1 Å². The van der Waals surface area contributed by atoms with Crippen molar-refractivity contribution >= 4 is 11.8 Å². The molecule has 1 aliphatic heterocycles. The Hall–Kier alpha value is -3.69. The van der Waals surface area contributed by atoms with Gasteiger partial charge in [0.1, 0.15) is 22.7 Å². The van der Waals surface area contributed by atoms with Crippen LogP contribution in [-0.4, -0.2) is 74.6 Å². The van der Waals surface area contributed by atoms with E-state index < -0.39 is 5.60 Å². The molecule has 5 rings (SSSR count). The molecule has 10 nitrogen and oxygen atoms in total. The number of benzene rings is 1. The number of nitrogens with zero attached hydrogens (tertiary/aromatic N) is 7. The van der Waals surface area contributed by atoms with E-state index in [4.69, 9.17) is 9.47 Å². The van der Waals surface area contributed by atoms with E-state index in [1.807, 2.05) is 31.9 Å². The number of ether oxygens (including phenoxy) is 2. The van der Waals surface area contributed by atoms with E-state index in [-0.39, 0.29) is 12.1 Å². The van der Waals surface area contributed by atoms with Gasteiger partial charge in [-0.2, -0.15) is 5.10 Å². The van der Waals surface area contributed by atoms with Crippen molar-refractivity contribution in [2.75, 3.05) is 31.6 Å². The van der Waals surface area contributed by atoms with E-state index >= 15 is 0 Å². The highest BCUT2D eigenvalue weighted by Crippen LogP contribution is 2.31. The average molecular weight is 534 g/mol. The van der Waals surface area contributed by atoms with Crippen molar-refractivity contribution in [2.24, 2.45) is 5.92 Å². The van der Waals surface area contributed by atoms with Crippen LogP contribution in [0.15, 0.2) is 42.7 Å². The largest absolute Gasteiger partial charge is 0.495 e. The fraction of sp³-hybridized carbons (Fsp3) is 0.552. The van der Waals surface area contributed by atoms with Crippen LogP contribution < -0.4 is 9.64 Å². The molecule has 0 bridgehead atoms. The summed E-state index contributed by atoms with van der Waals surface area (Å²) >= 11 is 0. The fourth-order valence-corrected chi connectivity index (χ4v) is 5.17. The molecule has 1 atom stereocenters. The number of carbonyl (C=O) groups is 1. The lowest BCUT2D eigenvalue weighted by atomic mass is 9.84. The molecule has 0 spiro atoms. The minimum atomic E-state index is -0.495. The van der Waals surface area contributed by atoms with Crippen LogP contribution in [0.5, 0.6) is 5.75 Å². The van der Waals surface area contributed by atoms with Gasteiger partial charge in [-0.3, -0.25) is 0 Å². The number of aromatic nitrogens is 5. The summed E-state index contributed by atoms with van der Waals surface area (Å²) < 4.78 is 12.8. The molecule has 0 radical (unpaired) electrons. The van der Waals surface area contributed by atoms with Crippen LogP contribution in [0.3, 0.4) is 0 Å². The number of piperidine rings is 1. The minimum Gasteiger partial charge on any atom is -0.495 e. The van der Waals surface area contributed by atoms with Gasteiger partial charge in [0.15, 0.2) is 0 Å². The van der Waals surface area contributed by atoms with Crippen LogP contribution in [0.2, 0.25) is 0 Å². The lowest BCUT2D eigenvalue weighted by Crippen LogP contribution is -2.53. The van der Waals surface area contributed by atoms with E-state index in [0.717, 1.165) is 38.0 Å². The number of hydrogen-bond donors (Lipinski definition) is 0. The summed E-state index contributed by atoms with van der Waals surface area (Å²) in [6.07, 6.45) is 8.97. The molecular formula is C29H39N7O3. The summed E-state index contributed by atoms with van der Waals surface area (Å²) in [7, 11) is 1.59. The molecule has 1 aliphatic carbocycles. The van der Waals surface area contributed by atoms with Gasteiger partial charge in [-0.15, -0.1) is 10.2 Å². The van der Waals surface area contributed by atoms with Gasteiger partial charge in [0.05, 0.1) is 32.1 Å². The number of rotatable bonds is 8. The van der Waals surface area contributed by atoms with Gasteiger partial charge < -0.3 is 19.3 Å². The molecule has 2 aromatic heterocycles. The summed E-state index contributed by atoms with van der Waals surface area (Å²) in [6.45, 7) is 9.01. The van der Waals surface area contributed by atoms with Gasteiger partial charge in [-0.1, -0.05) is 23.8 Å². The highest BCUT2D eigenvalue weighted by atomic mass is 16.6. The molecule has 0 unspecified atom stereocenters. The lowest BCUT2D eigenvalue weighted by Gasteiger charge is -2.43. The molecule has 1 saturated carbocycles. The highest BCUT2D eigenvalue weighted by molar-refractivity contribution is 5.69. The zero-order valence-electron chi connectivity index (χ0n) is 23.4. The van der Waals surface area contributed by atoms with E-state index in [1.54, 1.807) is 24.1 Å². The van der Waals surface area contributed by atoms with Crippen LogP contribution in [-0.2, 0) is 11.3 Å². The second-order valence-electron chi connectivity index (χ2n) is 11.6. The second-order valence-corrected chi connectivity index (χ2v) is 11.6. The Morgan fingerprint density at radius 2 is 1.87 bits per heavy atom. The summed E-state index contributed by atoms with van der Waals surface area (Å²) in [5, 5.41) is 16.6. The van der Waals surface area contributed by atoms with Crippen molar-refractivity contribution in [3.05, 3.63) is 48.3 Å². The first kappa shape index (κ1) is 26.9.